The molecule has 6 heteroatoms. The van der Waals surface area contributed by atoms with Gasteiger partial charge in [0.05, 0.1) is 26.6 Å². The van der Waals surface area contributed by atoms with E-state index in [0.29, 0.717) is 5.56 Å². The number of esters is 2. The number of halogens is 1. The van der Waals surface area contributed by atoms with Crippen LogP contribution < -0.4 is 0 Å². The standard InChI is InChI=1S/C15H17BrO5/c1-9-6-11(16)4-5-12(9)13(17)7-10(15(19)21-3)8-14(18)20-2/h4-6,10H,7-8H2,1-3H3/t10-/m0/s1. The molecule has 0 saturated heterocycles. The number of carbonyl (C=O) groups is 3. The molecule has 0 aliphatic carbocycles. The molecule has 0 aromatic heterocycles. The quantitative estimate of drug-likeness (QED) is 0.578. The minimum Gasteiger partial charge on any atom is -0.469 e. The van der Waals surface area contributed by atoms with Crippen LogP contribution in [-0.4, -0.2) is 31.9 Å². The van der Waals surface area contributed by atoms with Crippen LogP contribution in [0.3, 0.4) is 0 Å². The molecule has 0 radical (unpaired) electrons. The zero-order valence-corrected chi connectivity index (χ0v) is 13.7. The molecule has 0 fully saturated rings. The van der Waals surface area contributed by atoms with E-state index in [4.69, 9.17) is 0 Å². The predicted octanol–water partition coefficient (Wildman–Crippen LogP) is 2.68. The van der Waals surface area contributed by atoms with Crippen LogP contribution in [0.15, 0.2) is 22.7 Å². The van der Waals surface area contributed by atoms with Gasteiger partial charge in [-0.15, -0.1) is 0 Å². The van der Waals surface area contributed by atoms with Crippen LogP contribution >= 0.6 is 15.9 Å². The molecule has 0 saturated carbocycles. The maximum absolute atomic E-state index is 12.3. The average molecular weight is 357 g/mol. The summed E-state index contributed by atoms with van der Waals surface area (Å²) in [5, 5.41) is 0. The Morgan fingerprint density at radius 1 is 1.14 bits per heavy atom. The molecule has 1 aromatic carbocycles. The molecular formula is C15H17BrO5. The molecule has 1 atom stereocenters. The van der Waals surface area contributed by atoms with Crippen molar-refractivity contribution >= 4 is 33.7 Å². The van der Waals surface area contributed by atoms with Crippen molar-refractivity contribution in [2.24, 2.45) is 5.92 Å². The van der Waals surface area contributed by atoms with Crippen LogP contribution in [0.4, 0.5) is 0 Å². The van der Waals surface area contributed by atoms with Crippen molar-refractivity contribution in [3.63, 3.8) is 0 Å². The van der Waals surface area contributed by atoms with E-state index in [0.717, 1.165) is 10.0 Å². The third-order valence-electron chi connectivity index (χ3n) is 3.10. The van der Waals surface area contributed by atoms with E-state index in [1.165, 1.54) is 14.2 Å². The van der Waals surface area contributed by atoms with Gasteiger partial charge in [0.2, 0.25) is 0 Å². The molecule has 0 aliphatic heterocycles. The number of ether oxygens (including phenoxy) is 2. The first kappa shape index (κ1) is 17.4. The van der Waals surface area contributed by atoms with Crippen LogP contribution in [0.1, 0.15) is 28.8 Å². The summed E-state index contributed by atoms with van der Waals surface area (Å²) < 4.78 is 10.0. The zero-order valence-electron chi connectivity index (χ0n) is 12.1. The van der Waals surface area contributed by atoms with Crippen LogP contribution in [0.25, 0.3) is 0 Å². The van der Waals surface area contributed by atoms with Crippen molar-refractivity contribution in [3.05, 3.63) is 33.8 Å². The Labute approximate surface area is 131 Å². The lowest BCUT2D eigenvalue weighted by atomic mass is 9.93. The van der Waals surface area contributed by atoms with E-state index in [9.17, 15) is 14.4 Å². The highest BCUT2D eigenvalue weighted by Crippen LogP contribution is 2.21. The SMILES string of the molecule is COC(=O)C[C@H](CC(=O)c1ccc(Br)cc1C)C(=O)OC. The lowest BCUT2D eigenvalue weighted by Crippen LogP contribution is -2.23. The second kappa shape index (κ2) is 7.93. The van der Waals surface area contributed by atoms with E-state index >= 15 is 0 Å². The number of benzene rings is 1. The van der Waals surface area contributed by atoms with Crippen molar-refractivity contribution in [1.29, 1.82) is 0 Å². The summed E-state index contributed by atoms with van der Waals surface area (Å²) in [6.45, 7) is 1.81. The number of ketones is 1. The van der Waals surface area contributed by atoms with E-state index in [1.54, 1.807) is 12.1 Å². The summed E-state index contributed by atoms with van der Waals surface area (Å²) in [7, 11) is 2.46. The first-order chi connectivity index (χ1) is 9.88. The summed E-state index contributed by atoms with van der Waals surface area (Å²) in [6.07, 6.45) is -0.269. The monoisotopic (exact) mass is 356 g/mol. The topological polar surface area (TPSA) is 69.7 Å². The molecule has 114 valence electrons. The van der Waals surface area contributed by atoms with Crippen molar-refractivity contribution in [1.82, 2.24) is 0 Å². The van der Waals surface area contributed by atoms with Crippen molar-refractivity contribution < 1.29 is 23.9 Å². The molecular weight excluding hydrogens is 340 g/mol. The minimum atomic E-state index is -0.835. The normalized spacial score (nSPS) is 11.6. The number of rotatable bonds is 6. The zero-order chi connectivity index (χ0) is 16.0. The molecule has 0 aliphatic rings. The maximum atomic E-state index is 12.3. The van der Waals surface area contributed by atoms with E-state index < -0.39 is 17.9 Å². The molecule has 1 rings (SSSR count). The molecule has 5 nitrogen and oxygen atoms in total. The fraction of sp³-hybridized carbons (Fsp3) is 0.400. The predicted molar refractivity (Wildman–Crippen MR) is 80.0 cm³/mol. The number of methoxy groups -OCH3 is 2. The van der Waals surface area contributed by atoms with E-state index in [1.807, 2.05) is 13.0 Å². The summed E-state index contributed by atoms with van der Waals surface area (Å²) in [6, 6.07) is 5.27. The van der Waals surface area contributed by atoms with Crippen LogP contribution in [0, 0.1) is 12.8 Å². The second-order valence-corrected chi connectivity index (χ2v) is 5.50. The first-order valence-electron chi connectivity index (χ1n) is 6.33. The third kappa shape index (κ3) is 4.97. The van der Waals surface area contributed by atoms with E-state index in [-0.39, 0.29) is 18.6 Å². The summed E-state index contributed by atoms with van der Waals surface area (Å²) in [5.41, 5.74) is 1.33. The highest BCUT2D eigenvalue weighted by Gasteiger charge is 2.27. The van der Waals surface area contributed by atoms with Gasteiger partial charge in [0, 0.05) is 16.5 Å². The highest BCUT2D eigenvalue weighted by atomic mass is 79.9. The number of Topliss-reactive ketones (excluding diaryl/α,β-unsaturated/α-hetero) is 1. The Hall–Kier alpha value is -1.69. The average Bonchev–Trinajstić information content (AvgIpc) is 2.45. The van der Waals surface area contributed by atoms with Gasteiger partial charge in [-0.3, -0.25) is 14.4 Å². The molecule has 1 aromatic rings. The summed E-state index contributed by atoms with van der Waals surface area (Å²) >= 11 is 3.33. The van der Waals surface area contributed by atoms with Gasteiger partial charge in [-0.2, -0.15) is 0 Å². The maximum Gasteiger partial charge on any atom is 0.309 e. The molecule has 0 unspecified atom stereocenters. The molecule has 0 N–H and O–H groups in total. The lowest BCUT2D eigenvalue weighted by molar-refractivity contribution is -0.151. The third-order valence-corrected chi connectivity index (χ3v) is 3.59. The van der Waals surface area contributed by atoms with Crippen molar-refractivity contribution in [2.45, 2.75) is 19.8 Å². The Morgan fingerprint density at radius 3 is 2.33 bits per heavy atom. The number of aryl methyl sites for hydroxylation is 1. The molecule has 0 spiro atoms. The Kier molecular flexibility index (Phi) is 6.55. The molecule has 0 heterocycles. The number of carbonyl (C=O) groups excluding carboxylic acids is 3. The van der Waals surface area contributed by atoms with Gasteiger partial charge in [0.1, 0.15) is 0 Å². The Morgan fingerprint density at radius 2 is 1.81 bits per heavy atom. The van der Waals surface area contributed by atoms with Crippen molar-refractivity contribution in [3.8, 4) is 0 Å². The smallest absolute Gasteiger partial charge is 0.309 e. The minimum absolute atomic E-state index is 0.0930. The summed E-state index contributed by atoms with van der Waals surface area (Å²) in [4.78, 5) is 35.3. The summed E-state index contributed by atoms with van der Waals surface area (Å²) in [5.74, 6) is -2.19. The van der Waals surface area contributed by atoms with Crippen molar-refractivity contribution in [2.75, 3.05) is 14.2 Å². The van der Waals surface area contributed by atoms with E-state index in [2.05, 4.69) is 25.4 Å². The number of hydrogen-bond acceptors (Lipinski definition) is 5. The first-order valence-corrected chi connectivity index (χ1v) is 7.12. The Bertz CT molecular complexity index is 553. The fourth-order valence-electron chi connectivity index (χ4n) is 1.96. The van der Waals surface area contributed by atoms with Gasteiger partial charge in [-0.25, -0.2) is 0 Å². The molecule has 0 bridgehead atoms. The van der Waals surface area contributed by atoms with Crippen LogP contribution in [0.5, 0.6) is 0 Å². The fourth-order valence-corrected chi connectivity index (χ4v) is 2.44. The largest absolute Gasteiger partial charge is 0.469 e. The van der Waals surface area contributed by atoms with Gasteiger partial charge in [0.15, 0.2) is 5.78 Å². The van der Waals surface area contributed by atoms with Gasteiger partial charge in [-0.05, 0) is 24.6 Å². The number of hydrogen-bond donors (Lipinski definition) is 0. The van der Waals surface area contributed by atoms with Gasteiger partial charge >= 0.3 is 11.9 Å². The molecule has 0 amide bonds. The second-order valence-electron chi connectivity index (χ2n) is 4.59. The van der Waals surface area contributed by atoms with Gasteiger partial charge < -0.3 is 9.47 Å². The lowest BCUT2D eigenvalue weighted by Gasteiger charge is -2.13. The highest BCUT2D eigenvalue weighted by molar-refractivity contribution is 9.10. The van der Waals surface area contributed by atoms with Gasteiger partial charge in [-0.1, -0.05) is 22.0 Å². The van der Waals surface area contributed by atoms with Gasteiger partial charge in [0.25, 0.3) is 0 Å². The molecule has 21 heavy (non-hydrogen) atoms. The van der Waals surface area contributed by atoms with Crippen LogP contribution in [0.2, 0.25) is 0 Å². The Balaban J connectivity index is 2.89. The van der Waals surface area contributed by atoms with Crippen LogP contribution in [-0.2, 0) is 19.1 Å².